The van der Waals surface area contributed by atoms with Gasteiger partial charge in [-0.05, 0) is 18.4 Å². The Morgan fingerprint density at radius 1 is 1.20 bits per heavy atom. The third kappa shape index (κ3) is 4.90. The Bertz CT molecular complexity index is 749. The molecule has 0 aromatic carbocycles. The van der Waals surface area contributed by atoms with Gasteiger partial charge in [0.15, 0.2) is 6.61 Å². The molecule has 0 unspecified atom stereocenters. The lowest BCUT2D eigenvalue weighted by atomic mass is 10.1. The van der Waals surface area contributed by atoms with Crippen LogP contribution in [-0.4, -0.2) is 31.1 Å². The first-order chi connectivity index (χ1) is 11.9. The van der Waals surface area contributed by atoms with Crippen molar-refractivity contribution in [3.05, 3.63) is 28.5 Å². The predicted molar refractivity (Wildman–Crippen MR) is 98.0 cm³/mol. The summed E-state index contributed by atoms with van der Waals surface area (Å²) in [7, 11) is 0. The minimum absolute atomic E-state index is 0.234. The highest BCUT2D eigenvalue weighted by molar-refractivity contribution is 7.17. The van der Waals surface area contributed by atoms with Crippen LogP contribution in [0.25, 0.3) is 10.4 Å². The predicted octanol–water partition coefficient (Wildman–Crippen LogP) is 3.79. The van der Waals surface area contributed by atoms with Crippen LogP contribution in [0.2, 0.25) is 0 Å². The SMILES string of the molecule is CCOC(=O)c1c(-c2cccs2)csc1NC(=O)COC(=O)C(C)C. The fourth-order valence-corrected chi connectivity index (χ4v) is 3.72. The van der Waals surface area contributed by atoms with Crippen LogP contribution in [0, 0.1) is 5.92 Å². The number of thiophene rings is 2. The van der Waals surface area contributed by atoms with Gasteiger partial charge < -0.3 is 14.8 Å². The number of carbonyl (C=O) groups is 3. The van der Waals surface area contributed by atoms with Crippen molar-refractivity contribution < 1.29 is 23.9 Å². The van der Waals surface area contributed by atoms with E-state index in [0.29, 0.717) is 16.1 Å². The number of hydrogen-bond donors (Lipinski definition) is 1. The Morgan fingerprint density at radius 3 is 2.56 bits per heavy atom. The maximum absolute atomic E-state index is 12.3. The average Bonchev–Trinajstić information content (AvgIpc) is 3.21. The molecular formula is C17H19NO5S2. The first-order valence-electron chi connectivity index (χ1n) is 7.73. The van der Waals surface area contributed by atoms with Gasteiger partial charge in [-0.1, -0.05) is 19.9 Å². The lowest BCUT2D eigenvalue weighted by Crippen LogP contribution is -2.23. The molecular weight excluding hydrogens is 362 g/mol. The zero-order valence-electron chi connectivity index (χ0n) is 14.2. The van der Waals surface area contributed by atoms with Crippen molar-refractivity contribution in [2.75, 3.05) is 18.5 Å². The van der Waals surface area contributed by atoms with Crippen LogP contribution in [0.1, 0.15) is 31.1 Å². The molecule has 2 rings (SSSR count). The molecule has 0 bridgehead atoms. The molecule has 134 valence electrons. The van der Waals surface area contributed by atoms with E-state index in [2.05, 4.69) is 5.32 Å². The number of rotatable bonds is 7. The summed E-state index contributed by atoms with van der Waals surface area (Å²) in [6.07, 6.45) is 0. The Balaban J connectivity index is 2.18. The minimum Gasteiger partial charge on any atom is -0.462 e. The van der Waals surface area contributed by atoms with E-state index in [9.17, 15) is 14.4 Å². The van der Waals surface area contributed by atoms with Crippen LogP contribution in [-0.2, 0) is 19.1 Å². The number of ether oxygens (including phenoxy) is 2. The Hall–Kier alpha value is -2.19. The van der Waals surface area contributed by atoms with E-state index in [1.165, 1.54) is 22.7 Å². The zero-order valence-corrected chi connectivity index (χ0v) is 15.8. The van der Waals surface area contributed by atoms with Gasteiger partial charge in [0.2, 0.25) is 0 Å². The molecule has 0 spiro atoms. The van der Waals surface area contributed by atoms with E-state index in [4.69, 9.17) is 9.47 Å². The Labute approximate surface area is 153 Å². The first-order valence-corrected chi connectivity index (χ1v) is 9.48. The average molecular weight is 381 g/mol. The van der Waals surface area contributed by atoms with Crippen molar-refractivity contribution in [3.63, 3.8) is 0 Å². The van der Waals surface area contributed by atoms with Crippen molar-refractivity contribution >= 4 is 45.5 Å². The molecule has 6 nitrogen and oxygen atoms in total. The highest BCUT2D eigenvalue weighted by atomic mass is 32.1. The van der Waals surface area contributed by atoms with Crippen molar-refractivity contribution in [1.82, 2.24) is 0 Å². The van der Waals surface area contributed by atoms with Gasteiger partial charge >= 0.3 is 11.9 Å². The number of hydrogen-bond acceptors (Lipinski definition) is 7. The fourth-order valence-electron chi connectivity index (χ4n) is 1.94. The summed E-state index contributed by atoms with van der Waals surface area (Å²) in [5.74, 6) is -1.76. The molecule has 1 amide bonds. The highest BCUT2D eigenvalue weighted by Gasteiger charge is 2.23. The molecule has 2 aromatic heterocycles. The van der Waals surface area contributed by atoms with E-state index in [1.807, 2.05) is 17.5 Å². The quantitative estimate of drug-likeness (QED) is 0.738. The molecule has 2 heterocycles. The van der Waals surface area contributed by atoms with Crippen molar-refractivity contribution in [2.45, 2.75) is 20.8 Å². The Morgan fingerprint density at radius 2 is 1.96 bits per heavy atom. The maximum Gasteiger partial charge on any atom is 0.341 e. The third-order valence-corrected chi connectivity index (χ3v) is 4.93. The number of anilines is 1. The molecule has 0 aliphatic rings. The van der Waals surface area contributed by atoms with Gasteiger partial charge in [0, 0.05) is 15.8 Å². The summed E-state index contributed by atoms with van der Waals surface area (Å²) < 4.78 is 10.0. The van der Waals surface area contributed by atoms with Gasteiger partial charge in [0.05, 0.1) is 12.5 Å². The van der Waals surface area contributed by atoms with Gasteiger partial charge in [0.1, 0.15) is 10.6 Å². The Kier molecular flexibility index (Phi) is 6.72. The van der Waals surface area contributed by atoms with Crippen LogP contribution in [0.5, 0.6) is 0 Å². The summed E-state index contributed by atoms with van der Waals surface area (Å²) >= 11 is 2.72. The van der Waals surface area contributed by atoms with Crippen LogP contribution >= 0.6 is 22.7 Å². The van der Waals surface area contributed by atoms with Gasteiger partial charge in [-0.3, -0.25) is 9.59 Å². The summed E-state index contributed by atoms with van der Waals surface area (Å²) in [5.41, 5.74) is 1.03. The van der Waals surface area contributed by atoms with E-state index >= 15 is 0 Å². The molecule has 0 radical (unpaired) electrons. The second kappa shape index (κ2) is 8.77. The topological polar surface area (TPSA) is 81.7 Å². The van der Waals surface area contributed by atoms with Crippen LogP contribution in [0.15, 0.2) is 22.9 Å². The summed E-state index contributed by atoms with van der Waals surface area (Å²) in [6.45, 7) is 4.93. The monoisotopic (exact) mass is 381 g/mol. The standard InChI is InChI=1S/C17H19NO5S2/c1-4-22-17(21)14-11(12-6-5-7-24-12)9-25-15(14)18-13(19)8-23-16(20)10(2)3/h5-7,9-10H,4,8H2,1-3H3,(H,18,19). The molecule has 0 saturated heterocycles. The van der Waals surface area contributed by atoms with E-state index in [0.717, 1.165) is 4.88 Å². The molecule has 0 saturated carbocycles. The second-order valence-electron chi connectivity index (χ2n) is 5.36. The lowest BCUT2D eigenvalue weighted by molar-refractivity contribution is -0.150. The van der Waals surface area contributed by atoms with Crippen LogP contribution in [0.3, 0.4) is 0 Å². The number of esters is 2. The van der Waals surface area contributed by atoms with Crippen molar-refractivity contribution in [3.8, 4) is 10.4 Å². The molecule has 8 heteroatoms. The number of carbonyl (C=O) groups excluding carboxylic acids is 3. The third-order valence-electron chi connectivity index (χ3n) is 3.13. The van der Waals surface area contributed by atoms with Gasteiger partial charge in [-0.15, -0.1) is 22.7 Å². The number of amides is 1. The van der Waals surface area contributed by atoms with E-state index in [1.54, 1.807) is 26.2 Å². The normalized spacial score (nSPS) is 10.6. The molecule has 0 aliphatic heterocycles. The van der Waals surface area contributed by atoms with Crippen molar-refractivity contribution in [1.29, 1.82) is 0 Å². The largest absolute Gasteiger partial charge is 0.462 e. The summed E-state index contributed by atoms with van der Waals surface area (Å²) in [4.78, 5) is 36.7. The first kappa shape index (κ1) is 19.1. The molecule has 1 N–H and O–H groups in total. The number of nitrogens with one attached hydrogen (secondary N) is 1. The summed E-state index contributed by atoms with van der Waals surface area (Å²) in [6, 6.07) is 3.78. The molecule has 0 fully saturated rings. The van der Waals surface area contributed by atoms with Gasteiger partial charge in [-0.2, -0.15) is 0 Å². The van der Waals surface area contributed by atoms with Crippen LogP contribution < -0.4 is 5.32 Å². The molecule has 0 atom stereocenters. The van der Waals surface area contributed by atoms with Gasteiger partial charge in [-0.25, -0.2) is 4.79 Å². The fraction of sp³-hybridized carbons (Fsp3) is 0.353. The second-order valence-corrected chi connectivity index (χ2v) is 7.19. The van der Waals surface area contributed by atoms with Crippen LogP contribution in [0.4, 0.5) is 5.00 Å². The lowest BCUT2D eigenvalue weighted by Gasteiger charge is -2.09. The van der Waals surface area contributed by atoms with Crippen molar-refractivity contribution in [2.24, 2.45) is 5.92 Å². The minimum atomic E-state index is -0.501. The zero-order chi connectivity index (χ0) is 18.4. The van der Waals surface area contributed by atoms with E-state index < -0.39 is 24.5 Å². The van der Waals surface area contributed by atoms with E-state index in [-0.39, 0.29) is 12.5 Å². The molecule has 0 aliphatic carbocycles. The molecule has 2 aromatic rings. The highest BCUT2D eigenvalue weighted by Crippen LogP contribution is 2.38. The van der Waals surface area contributed by atoms with Gasteiger partial charge in [0.25, 0.3) is 5.91 Å². The molecule has 25 heavy (non-hydrogen) atoms. The maximum atomic E-state index is 12.3. The summed E-state index contributed by atoms with van der Waals surface area (Å²) in [5, 5.41) is 6.72. The smallest absolute Gasteiger partial charge is 0.341 e.